The second-order valence-electron chi connectivity index (χ2n) is 5.83. The van der Waals surface area contributed by atoms with Crippen molar-refractivity contribution in [3.05, 3.63) is 36.7 Å². The number of fused-ring (bicyclic) bond motifs is 1. The van der Waals surface area contributed by atoms with Gasteiger partial charge < -0.3 is 9.26 Å². The maximum Gasteiger partial charge on any atom is 0.258 e. The molecule has 3 heterocycles. The van der Waals surface area contributed by atoms with Gasteiger partial charge in [0.2, 0.25) is 5.82 Å². The Bertz CT molecular complexity index is 1040. The molecule has 4 rings (SSSR count). The third-order valence-electron chi connectivity index (χ3n) is 3.88. The summed E-state index contributed by atoms with van der Waals surface area (Å²) in [7, 11) is 1.59. The SMILES string of the molecule is COc1ccncc1-c1noc(-c2ccc3c(c2)nnn3C(C)C)n1. The van der Waals surface area contributed by atoms with Gasteiger partial charge in [-0.15, -0.1) is 5.10 Å². The van der Waals surface area contributed by atoms with E-state index in [1.54, 1.807) is 25.6 Å². The predicted octanol–water partition coefficient (Wildman–Crippen LogP) is 3.13. The highest BCUT2D eigenvalue weighted by Gasteiger charge is 2.16. The number of methoxy groups -OCH3 is 1. The Morgan fingerprint density at radius 3 is 2.88 bits per heavy atom. The summed E-state index contributed by atoms with van der Waals surface area (Å²) in [5, 5.41) is 12.4. The van der Waals surface area contributed by atoms with Crippen LogP contribution in [-0.4, -0.2) is 37.2 Å². The lowest BCUT2D eigenvalue weighted by Gasteiger charge is -2.04. The summed E-state index contributed by atoms with van der Waals surface area (Å²) in [5.74, 6) is 1.46. The molecule has 1 aromatic carbocycles. The highest BCUT2D eigenvalue weighted by atomic mass is 16.5. The van der Waals surface area contributed by atoms with E-state index >= 15 is 0 Å². The normalized spacial score (nSPS) is 11.4. The molecule has 25 heavy (non-hydrogen) atoms. The number of aromatic nitrogens is 6. The zero-order valence-electron chi connectivity index (χ0n) is 14.0. The molecule has 8 nitrogen and oxygen atoms in total. The van der Waals surface area contributed by atoms with Crippen LogP contribution in [0.5, 0.6) is 5.75 Å². The molecule has 0 bridgehead atoms. The molecule has 0 aliphatic carbocycles. The van der Waals surface area contributed by atoms with Crippen molar-refractivity contribution >= 4 is 11.0 Å². The fourth-order valence-corrected chi connectivity index (χ4v) is 2.63. The molecule has 4 aromatic rings. The van der Waals surface area contributed by atoms with E-state index < -0.39 is 0 Å². The van der Waals surface area contributed by atoms with E-state index in [9.17, 15) is 0 Å². The van der Waals surface area contributed by atoms with Crippen LogP contribution in [0, 0.1) is 0 Å². The molecule has 0 saturated heterocycles. The monoisotopic (exact) mass is 336 g/mol. The van der Waals surface area contributed by atoms with E-state index in [1.165, 1.54) is 0 Å². The van der Waals surface area contributed by atoms with Crippen molar-refractivity contribution in [3.63, 3.8) is 0 Å². The van der Waals surface area contributed by atoms with Crippen molar-refractivity contribution < 1.29 is 9.26 Å². The lowest BCUT2D eigenvalue weighted by molar-refractivity contribution is 0.413. The fourth-order valence-electron chi connectivity index (χ4n) is 2.63. The highest BCUT2D eigenvalue weighted by Crippen LogP contribution is 2.29. The maximum atomic E-state index is 5.41. The Balaban J connectivity index is 1.74. The van der Waals surface area contributed by atoms with Crippen LogP contribution in [0.4, 0.5) is 0 Å². The molecule has 0 aliphatic rings. The maximum absolute atomic E-state index is 5.41. The molecular formula is C17H16N6O2. The zero-order chi connectivity index (χ0) is 17.4. The lowest BCUT2D eigenvalue weighted by atomic mass is 10.2. The second kappa shape index (κ2) is 5.97. The molecule has 126 valence electrons. The highest BCUT2D eigenvalue weighted by molar-refractivity contribution is 5.80. The quantitative estimate of drug-likeness (QED) is 0.565. The molecule has 0 unspecified atom stereocenters. The van der Waals surface area contributed by atoms with Gasteiger partial charge in [0.1, 0.15) is 11.3 Å². The Morgan fingerprint density at radius 2 is 2.08 bits per heavy atom. The van der Waals surface area contributed by atoms with Gasteiger partial charge in [-0.2, -0.15) is 4.98 Å². The molecule has 8 heteroatoms. The third kappa shape index (κ3) is 2.61. The van der Waals surface area contributed by atoms with Crippen LogP contribution in [0.1, 0.15) is 19.9 Å². The molecule has 0 spiro atoms. The molecule has 0 radical (unpaired) electrons. The summed E-state index contributed by atoms with van der Waals surface area (Å²) in [6, 6.07) is 7.76. The van der Waals surface area contributed by atoms with Crippen molar-refractivity contribution in [2.45, 2.75) is 19.9 Å². The number of ether oxygens (including phenoxy) is 1. The van der Waals surface area contributed by atoms with Crippen LogP contribution in [0.25, 0.3) is 33.9 Å². The minimum atomic E-state index is 0.240. The summed E-state index contributed by atoms with van der Waals surface area (Å²) in [4.78, 5) is 8.54. The van der Waals surface area contributed by atoms with Crippen molar-refractivity contribution in [1.82, 2.24) is 30.1 Å². The first-order valence-electron chi connectivity index (χ1n) is 7.85. The Labute approximate surface area is 143 Å². The topological polar surface area (TPSA) is 91.8 Å². The van der Waals surface area contributed by atoms with Crippen molar-refractivity contribution in [2.24, 2.45) is 0 Å². The Morgan fingerprint density at radius 1 is 1.20 bits per heavy atom. The largest absolute Gasteiger partial charge is 0.496 e. The molecule has 0 fully saturated rings. The van der Waals surface area contributed by atoms with E-state index in [-0.39, 0.29) is 6.04 Å². The van der Waals surface area contributed by atoms with Crippen LogP contribution in [0.2, 0.25) is 0 Å². The fraction of sp³-hybridized carbons (Fsp3) is 0.235. The Hall–Kier alpha value is -3.29. The lowest BCUT2D eigenvalue weighted by Crippen LogP contribution is -2.02. The van der Waals surface area contributed by atoms with Gasteiger partial charge in [0.05, 0.1) is 18.2 Å². The van der Waals surface area contributed by atoms with Crippen LogP contribution in [-0.2, 0) is 0 Å². The molecular weight excluding hydrogens is 320 g/mol. The van der Waals surface area contributed by atoms with E-state index in [1.807, 2.05) is 22.9 Å². The molecule has 0 amide bonds. The van der Waals surface area contributed by atoms with Crippen LogP contribution in [0.3, 0.4) is 0 Å². The average Bonchev–Trinajstić information content (AvgIpc) is 3.28. The summed E-state index contributed by atoms with van der Waals surface area (Å²) < 4.78 is 12.6. The molecule has 0 aliphatic heterocycles. The van der Waals surface area contributed by atoms with Gasteiger partial charge >= 0.3 is 0 Å². The van der Waals surface area contributed by atoms with Gasteiger partial charge in [-0.05, 0) is 38.1 Å². The first-order valence-corrected chi connectivity index (χ1v) is 7.85. The minimum Gasteiger partial charge on any atom is -0.496 e. The second-order valence-corrected chi connectivity index (χ2v) is 5.83. The number of rotatable bonds is 4. The third-order valence-corrected chi connectivity index (χ3v) is 3.88. The first kappa shape index (κ1) is 15.3. The van der Waals surface area contributed by atoms with E-state index in [0.717, 1.165) is 16.6 Å². The van der Waals surface area contributed by atoms with Gasteiger partial charge in [-0.3, -0.25) is 4.98 Å². The number of pyridine rings is 1. The number of benzene rings is 1. The Kier molecular flexibility index (Phi) is 3.64. The number of hydrogen-bond acceptors (Lipinski definition) is 7. The number of hydrogen-bond donors (Lipinski definition) is 0. The smallest absolute Gasteiger partial charge is 0.258 e. The standard InChI is InChI=1S/C17H16N6O2/c1-10(2)23-14-5-4-11(8-13(14)20-22-23)17-19-16(21-25-17)12-9-18-7-6-15(12)24-3/h4-10H,1-3H3. The molecule has 0 saturated carbocycles. The average molecular weight is 336 g/mol. The van der Waals surface area contributed by atoms with Gasteiger partial charge in [-0.1, -0.05) is 10.4 Å². The summed E-state index contributed by atoms with van der Waals surface area (Å²) >= 11 is 0. The minimum absolute atomic E-state index is 0.240. The summed E-state index contributed by atoms with van der Waals surface area (Å²) in [6.45, 7) is 4.13. The predicted molar refractivity (Wildman–Crippen MR) is 91.0 cm³/mol. The van der Waals surface area contributed by atoms with E-state index in [0.29, 0.717) is 23.0 Å². The van der Waals surface area contributed by atoms with Gasteiger partial charge in [0, 0.05) is 24.0 Å². The van der Waals surface area contributed by atoms with Gasteiger partial charge in [0.25, 0.3) is 5.89 Å². The van der Waals surface area contributed by atoms with Crippen LogP contribution < -0.4 is 4.74 Å². The van der Waals surface area contributed by atoms with Crippen molar-refractivity contribution in [2.75, 3.05) is 7.11 Å². The van der Waals surface area contributed by atoms with Crippen molar-refractivity contribution in [3.8, 4) is 28.6 Å². The van der Waals surface area contributed by atoms with E-state index in [2.05, 4.69) is 39.3 Å². The van der Waals surface area contributed by atoms with Gasteiger partial charge in [0.15, 0.2) is 0 Å². The van der Waals surface area contributed by atoms with Gasteiger partial charge in [-0.25, -0.2) is 4.68 Å². The molecule has 3 aromatic heterocycles. The summed E-state index contributed by atoms with van der Waals surface area (Å²) in [6.07, 6.45) is 3.29. The van der Waals surface area contributed by atoms with Crippen LogP contribution in [0.15, 0.2) is 41.2 Å². The first-order chi connectivity index (χ1) is 12.2. The zero-order valence-corrected chi connectivity index (χ0v) is 14.0. The molecule has 0 atom stereocenters. The van der Waals surface area contributed by atoms with Crippen LogP contribution >= 0.6 is 0 Å². The number of nitrogens with zero attached hydrogens (tertiary/aromatic N) is 6. The summed E-state index contributed by atoms with van der Waals surface area (Å²) in [5.41, 5.74) is 3.20. The molecule has 0 N–H and O–H groups in total. The van der Waals surface area contributed by atoms with E-state index in [4.69, 9.17) is 9.26 Å². The van der Waals surface area contributed by atoms with Crippen molar-refractivity contribution in [1.29, 1.82) is 0 Å².